The first kappa shape index (κ1) is 15.4. The van der Waals surface area contributed by atoms with Crippen LogP contribution in [-0.2, 0) is 6.18 Å². The summed E-state index contributed by atoms with van der Waals surface area (Å²) in [6, 6.07) is 2.38. The molecule has 0 atom stereocenters. The van der Waals surface area contributed by atoms with Crippen LogP contribution in [0.4, 0.5) is 18.0 Å². The second-order valence-corrected chi connectivity index (χ2v) is 4.94. The van der Waals surface area contributed by atoms with E-state index in [-0.39, 0.29) is 25.1 Å². The highest BCUT2D eigenvalue weighted by atomic mass is 19.4. The highest BCUT2D eigenvalue weighted by Gasteiger charge is 2.33. The normalized spacial score (nSPS) is 16.9. The van der Waals surface area contributed by atoms with Crippen LogP contribution in [0.25, 0.3) is 0 Å². The molecule has 0 aromatic carbocycles. The number of carboxylic acid groups (broad SMARTS) is 1. The number of rotatable bonds is 2. The Kier molecular flexibility index (Phi) is 4.24. The number of carbonyl (C=O) groups excluding carboxylic acids is 1. The molecule has 0 aliphatic carbocycles. The van der Waals surface area contributed by atoms with E-state index in [1.54, 1.807) is 0 Å². The molecule has 1 aromatic rings. The summed E-state index contributed by atoms with van der Waals surface area (Å²) in [4.78, 5) is 15.3. The maximum absolute atomic E-state index is 12.7. The Morgan fingerprint density at radius 2 is 2.00 bits per heavy atom. The third-order valence-corrected chi connectivity index (χ3v) is 3.22. The van der Waals surface area contributed by atoms with Gasteiger partial charge in [-0.15, -0.1) is 0 Å². The Morgan fingerprint density at radius 1 is 1.38 bits per heavy atom. The number of hydrogen-bond acceptors (Lipinski definition) is 4. The van der Waals surface area contributed by atoms with Gasteiger partial charge in [0.1, 0.15) is 17.9 Å². The number of nitrogens with zero attached hydrogens (tertiary/aromatic N) is 2. The minimum absolute atomic E-state index is 0.0887. The molecule has 0 unspecified atom stereocenters. The van der Waals surface area contributed by atoms with E-state index in [9.17, 15) is 23.1 Å². The fraction of sp³-hybridized carbons (Fsp3) is 0.538. The van der Waals surface area contributed by atoms with E-state index < -0.39 is 18.0 Å². The van der Waals surface area contributed by atoms with E-state index in [1.807, 2.05) is 0 Å². The van der Waals surface area contributed by atoms with Gasteiger partial charge in [-0.1, -0.05) is 0 Å². The number of likely N-dealkylation sites (tertiary alicyclic amines) is 1. The van der Waals surface area contributed by atoms with E-state index in [2.05, 4.69) is 4.98 Å². The third kappa shape index (κ3) is 3.99. The van der Waals surface area contributed by atoms with Gasteiger partial charge in [-0.05, 0) is 18.6 Å². The summed E-state index contributed by atoms with van der Waals surface area (Å²) >= 11 is 0. The Bertz CT molecular complexity index is 526. The Hall–Kier alpha value is -1.99. The molecule has 1 amide bonds. The number of ether oxygens (including phenoxy) is 1. The van der Waals surface area contributed by atoms with E-state index in [4.69, 9.17) is 4.74 Å². The van der Waals surface area contributed by atoms with Crippen molar-refractivity contribution < 1.29 is 27.8 Å². The van der Waals surface area contributed by atoms with Crippen LogP contribution in [0.2, 0.25) is 0 Å². The molecular formula is C13H14F3N2O3-. The topological polar surface area (TPSA) is 65.5 Å². The standard InChI is InChI=1S/C13H15F3N2O3/c1-8-6-10(13(14,15)16)17-11(7-8)21-9-2-4-18(5-3-9)12(19)20/h6-7,9H,2-5H2,1H3,(H,19,20)/p-1. The van der Waals surface area contributed by atoms with Gasteiger partial charge in [-0.2, -0.15) is 13.2 Å². The molecule has 21 heavy (non-hydrogen) atoms. The number of halogens is 3. The van der Waals surface area contributed by atoms with Crippen molar-refractivity contribution in [2.24, 2.45) is 0 Å². The minimum Gasteiger partial charge on any atom is -0.530 e. The van der Waals surface area contributed by atoms with Crippen LogP contribution < -0.4 is 9.84 Å². The summed E-state index contributed by atoms with van der Waals surface area (Å²) in [5.74, 6) is -0.0887. The van der Waals surface area contributed by atoms with Crippen molar-refractivity contribution >= 4 is 6.09 Å². The predicted molar refractivity (Wildman–Crippen MR) is 64.6 cm³/mol. The van der Waals surface area contributed by atoms with Crippen molar-refractivity contribution in [3.05, 3.63) is 23.4 Å². The van der Waals surface area contributed by atoms with Gasteiger partial charge in [0.25, 0.3) is 0 Å². The molecule has 1 fully saturated rings. The van der Waals surface area contributed by atoms with E-state index >= 15 is 0 Å². The van der Waals surface area contributed by atoms with Gasteiger partial charge in [-0.3, -0.25) is 0 Å². The molecule has 0 spiro atoms. The van der Waals surface area contributed by atoms with Crippen molar-refractivity contribution in [2.45, 2.75) is 32.0 Å². The van der Waals surface area contributed by atoms with Crippen molar-refractivity contribution in [3.63, 3.8) is 0 Å². The largest absolute Gasteiger partial charge is 0.530 e. The number of hydrogen-bond donors (Lipinski definition) is 0. The molecule has 1 aromatic heterocycles. The Balaban J connectivity index is 2.04. The second-order valence-electron chi connectivity index (χ2n) is 4.94. The first-order chi connectivity index (χ1) is 9.75. The molecular weight excluding hydrogens is 289 g/mol. The molecule has 5 nitrogen and oxygen atoms in total. The van der Waals surface area contributed by atoms with Crippen LogP contribution in [0.1, 0.15) is 24.1 Å². The van der Waals surface area contributed by atoms with Gasteiger partial charge in [-0.25, -0.2) is 4.98 Å². The monoisotopic (exact) mass is 303 g/mol. The van der Waals surface area contributed by atoms with Crippen molar-refractivity contribution in [1.82, 2.24) is 9.88 Å². The van der Waals surface area contributed by atoms with Crippen molar-refractivity contribution in [1.29, 1.82) is 0 Å². The molecule has 1 saturated heterocycles. The van der Waals surface area contributed by atoms with Gasteiger partial charge in [0.05, 0.1) is 0 Å². The zero-order valence-corrected chi connectivity index (χ0v) is 11.3. The smallest absolute Gasteiger partial charge is 0.433 e. The lowest BCUT2D eigenvalue weighted by Crippen LogP contribution is -2.47. The average molecular weight is 303 g/mol. The highest BCUT2D eigenvalue weighted by Crippen LogP contribution is 2.30. The van der Waals surface area contributed by atoms with Gasteiger partial charge >= 0.3 is 6.18 Å². The first-order valence-electron chi connectivity index (χ1n) is 6.44. The first-order valence-corrected chi connectivity index (χ1v) is 6.44. The van der Waals surface area contributed by atoms with E-state index in [1.165, 1.54) is 13.0 Å². The molecule has 116 valence electrons. The van der Waals surface area contributed by atoms with E-state index in [0.717, 1.165) is 11.0 Å². The average Bonchev–Trinajstić information content (AvgIpc) is 2.37. The number of aryl methyl sites for hydroxylation is 1. The zero-order chi connectivity index (χ0) is 15.6. The SMILES string of the molecule is Cc1cc(OC2CCN(C(=O)[O-])CC2)nc(C(F)(F)F)c1. The summed E-state index contributed by atoms with van der Waals surface area (Å²) in [5.41, 5.74) is -0.593. The van der Waals surface area contributed by atoms with Crippen LogP contribution in [0.5, 0.6) is 5.88 Å². The molecule has 8 heteroatoms. The molecule has 2 heterocycles. The minimum atomic E-state index is -4.53. The number of piperidine rings is 1. The van der Waals surface area contributed by atoms with Gasteiger partial charge in [0.2, 0.25) is 5.88 Å². The van der Waals surface area contributed by atoms with Gasteiger partial charge < -0.3 is 19.5 Å². The summed E-state index contributed by atoms with van der Waals surface area (Å²) in [5, 5.41) is 10.7. The molecule has 1 aliphatic heterocycles. The Labute approximate surface area is 119 Å². The molecule has 1 aliphatic rings. The molecule has 2 rings (SSSR count). The van der Waals surface area contributed by atoms with Gasteiger partial charge in [0, 0.05) is 32.0 Å². The summed E-state index contributed by atoms with van der Waals surface area (Å²) < 4.78 is 43.5. The van der Waals surface area contributed by atoms with Crippen LogP contribution in [-0.4, -0.2) is 35.2 Å². The van der Waals surface area contributed by atoms with Crippen LogP contribution >= 0.6 is 0 Å². The lowest BCUT2D eigenvalue weighted by molar-refractivity contribution is -0.266. The summed E-state index contributed by atoms with van der Waals surface area (Å²) in [7, 11) is 0. The number of aromatic nitrogens is 1. The Morgan fingerprint density at radius 3 is 2.52 bits per heavy atom. The summed E-state index contributed by atoms with van der Waals surface area (Å²) in [6.07, 6.45) is -5.34. The lowest BCUT2D eigenvalue weighted by Gasteiger charge is -2.33. The van der Waals surface area contributed by atoms with Crippen LogP contribution in [0, 0.1) is 6.92 Å². The maximum atomic E-state index is 12.7. The van der Waals surface area contributed by atoms with Crippen LogP contribution in [0.15, 0.2) is 12.1 Å². The predicted octanol–water partition coefficient (Wildman–Crippen LogP) is 1.60. The number of carbonyl (C=O) groups is 1. The molecule has 0 saturated carbocycles. The quantitative estimate of drug-likeness (QED) is 0.832. The fourth-order valence-corrected chi connectivity index (χ4v) is 2.17. The number of amides is 1. The maximum Gasteiger partial charge on any atom is 0.433 e. The van der Waals surface area contributed by atoms with Crippen LogP contribution in [0.3, 0.4) is 0 Å². The van der Waals surface area contributed by atoms with Crippen molar-refractivity contribution in [3.8, 4) is 5.88 Å². The fourth-order valence-electron chi connectivity index (χ4n) is 2.17. The van der Waals surface area contributed by atoms with E-state index in [0.29, 0.717) is 18.4 Å². The molecule has 0 N–H and O–H groups in total. The second kappa shape index (κ2) is 5.79. The molecule has 0 radical (unpaired) electrons. The third-order valence-electron chi connectivity index (χ3n) is 3.22. The lowest BCUT2D eigenvalue weighted by atomic mass is 10.1. The zero-order valence-electron chi connectivity index (χ0n) is 11.3. The molecule has 0 bridgehead atoms. The number of alkyl halides is 3. The number of pyridine rings is 1. The summed E-state index contributed by atoms with van der Waals surface area (Å²) in [6.45, 7) is 2.01. The van der Waals surface area contributed by atoms with Gasteiger partial charge in [0.15, 0.2) is 0 Å². The van der Waals surface area contributed by atoms with Crippen molar-refractivity contribution in [2.75, 3.05) is 13.1 Å². The highest BCUT2D eigenvalue weighted by molar-refractivity contribution is 5.62.